The van der Waals surface area contributed by atoms with E-state index >= 15 is 0 Å². The van der Waals surface area contributed by atoms with Crippen molar-refractivity contribution in [1.29, 1.82) is 0 Å². The smallest absolute Gasteiger partial charge is 0.121 e. The van der Waals surface area contributed by atoms with Crippen LogP contribution in [0.2, 0.25) is 0 Å². The molecule has 4 atom stereocenters. The quantitative estimate of drug-likeness (QED) is 0.463. The summed E-state index contributed by atoms with van der Waals surface area (Å²) < 4.78 is 5.50. The molecular weight excluding hydrogens is 124 g/mol. The Balaban J connectivity index is 2.64. The summed E-state index contributed by atoms with van der Waals surface area (Å²) in [7, 11) is 0. The molecule has 1 aliphatic heterocycles. The maximum absolute atomic E-state index is 5.50. The molecule has 0 spiro atoms. The van der Waals surface area contributed by atoms with Crippen LogP contribution in [-0.2, 0) is 4.74 Å². The van der Waals surface area contributed by atoms with Crippen LogP contribution >= 0.6 is 0 Å². The first-order valence-corrected chi connectivity index (χ1v) is 3.78. The van der Waals surface area contributed by atoms with Gasteiger partial charge in [0.1, 0.15) is 6.10 Å². The molecule has 1 nitrogen and oxygen atoms in total. The van der Waals surface area contributed by atoms with Gasteiger partial charge >= 0.3 is 0 Å². The first kappa shape index (κ1) is 7.63. The summed E-state index contributed by atoms with van der Waals surface area (Å²) in [6.45, 7) is 6.42. The second kappa shape index (κ2) is 2.64. The highest BCUT2D eigenvalue weighted by atomic mass is 16.5. The summed E-state index contributed by atoms with van der Waals surface area (Å²) in [5.41, 5.74) is 0. The lowest BCUT2D eigenvalue weighted by atomic mass is 9.91. The fourth-order valence-corrected chi connectivity index (χ4v) is 1.37. The lowest BCUT2D eigenvalue weighted by molar-refractivity contribution is 0.0734. The standard InChI is InChI=1S/C9H14O/c1-5-9-7(3)6(2)8(4)10-9/h1,6-9H,2-4H3/t6-,7+,8?,9-/m1/s1. The maximum atomic E-state index is 5.50. The Morgan fingerprint density at radius 1 is 1.20 bits per heavy atom. The van der Waals surface area contributed by atoms with E-state index in [0.29, 0.717) is 17.9 Å². The minimum absolute atomic E-state index is 0.0463. The summed E-state index contributed by atoms with van der Waals surface area (Å²) in [5, 5.41) is 0. The molecule has 0 saturated carbocycles. The zero-order valence-electron chi connectivity index (χ0n) is 6.79. The molecule has 1 saturated heterocycles. The summed E-state index contributed by atoms with van der Waals surface area (Å²) in [6.07, 6.45) is 5.65. The Labute approximate surface area is 62.8 Å². The number of rotatable bonds is 0. The molecule has 0 aromatic carbocycles. The Bertz CT molecular complexity index is 157. The van der Waals surface area contributed by atoms with Gasteiger partial charge in [-0.2, -0.15) is 0 Å². The molecule has 0 aromatic rings. The first-order chi connectivity index (χ1) is 4.66. The largest absolute Gasteiger partial charge is 0.362 e. The van der Waals surface area contributed by atoms with E-state index in [9.17, 15) is 0 Å². The minimum atomic E-state index is 0.0463. The zero-order valence-corrected chi connectivity index (χ0v) is 6.79. The molecule has 0 aromatic heterocycles. The average molecular weight is 138 g/mol. The third-order valence-corrected chi connectivity index (χ3v) is 2.57. The number of ether oxygens (including phenoxy) is 1. The Hall–Kier alpha value is -0.480. The summed E-state index contributed by atoms with van der Waals surface area (Å²) in [5.74, 6) is 3.76. The van der Waals surface area contributed by atoms with E-state index in [1.54, 1.807) is 0 Å². The molecule has 0 bridgehead atoms. The van der Waals surface area contributed by atoms with E-state index in [1.807, 2.05) is 0 Å². The Kier molecular flexibility index (Phi) is 2.01. The van der Waals surface area contributed by atoms with Gasteiger partial charge in [0.25, 0.3) is 0 Å². The predicted molar refractivity (Wildman–Crippen MR) is 41.5 cm³/mol. The van der Waals surface area contributed by atoms with Crippen LogP contribution in [0.3, 0.4) is 0 Å². The number of terminal acetylenes is 1. The van der Waals surface area contributed by atoms with Gasteiger partial charge in [-0.3, -0.25) is 0 Å². The second-order valence-electron chi connectivity index (χ2n) is 3.15. The van der Waals surface area contributed by atoms with Crippen molar-refractivity contribution in [1.82, 2.24) is 0 Å². The lowest BCUT2D eigenvalue weighted by Crippen LogP contribution is -2.13. The van der Waals surface area contributed by atoms with Crippen molar-refractivity contribution < 1.29 is 4.74 Å². The van der Waals surface area contributed by atoms with Gasteiger partial charge in [0.2, 0.25) is 0 Å². The zero-order chi connectivity index (χ0) is 7.72. The predicted octanol–water partition coefficient (Wildman–Crippen LogP) is 1.68. The van der Waals surface area contributed by atoms with Gasteiger partial charge in [0, 0.05) is 0 Å². The van der Waals surface area contributed by atoms with Crippen molar-refractivity contribution in [2.75, 3.05) is 0 Å². The monoisotopic (exact) mass is 138 g/mol. The van der Waals surface area contributed by atoms with E-state index in [1.165, 1.54) is 0 Å². The topological polar surface area (TPSA) is 9.23 Å². The minimum Gasteiger partial charge on any atom is -0.362 e. The van der Waals surface area contributed by atoms with Crippen LogP contribution in [0.5, 0.6) is 0 Å². The van der Waals surface area contributed by atoms with Crippen molar-refractivity contribution in [3.05, 3.63) is 0 Å². The van der Waals surface area contributed by atoms with Crippen LogP contribution in [0.1, 0.15) is 20.8 Å². The Morgan fingerprint density at radius 3 is 2.00 bits per heavy atom. The highest BCUT2D eigenvalue weighted by Gasteiger charge is 2.34. The van der Waals surface area contributed by atoms with E-state index < -0.39 is 0 Å². The fraction of sp³-hybridized carbons (Fsp3) is 0.778. The van der Waals surface area contributed by atoms with Gasteiger partial charge in [-0.15, -0.1) is 6.42 Å². The van der Waals surface area contributed by atoms with Gasteiger partial charge in [0.15, 0.2) is 0 Å². The molecule has 1 rings (SSSR count). The molecule has 1 unspecified atom stereocenters. The van der Waals surface area contributed by atoms with Gasteiger partial charge < -0.3 is 4.74 Å². The molecule has 0 amide bonds. The molecule has 10 heavy (non-hydrogen) atoms. The van der Waals surface area contributed by atoms with Crippen LogP contribution in [0, 0.1) is 24.2 Å². The van der Waals surface area contributed by atoms with Crippen molar-refractivity contribution in [3.63, 3.8) is 0 Å². The van der Waals surface area contributed by atoms with E-state index in [0.717, 1.165) is 0 Å². The molecule has 56 valence electrons. The number of hydrogen-bond acceptors (Lipinski definition) is 1. The highest BCUT2D eigenvalue weighted by molar-refractivity contribution is 5.02. The van der Waals surface area contributed by atoms with Crippen molar-refractivity contribution >= 4 is 0 Å². The molecule has 1 heterocycles. The van der Waals surface area contributed by atoms with E-state index in [-0.39, 0.29) is 6.10 Å². The molecule has 0 aliphatic carbocycles. The van der Waals surface area contributed by atoms with Gasteiger partial charge in [-0.1, -0.05) is 19.8 Å². The van der Waals surface area contributed by atoms with Gasteiger partial charge in [-0.25, -0.2) is 0 Å². The SMILES string of the molecule is C#C[C@H]1OC(C)[C@H](C)[C@@H]1C. The van der Waals surface area contributed by atoms with Crippen LogP contribution in [-0.4, -0.2) is 12.2 Å². The average Bonchev–Trinajstić information content (AvgIpc) is 2.17. The molecule has 1 aliphatic rings. The van der Waals surface area contributed by atoms with Crippen LogP contribution in [0.25, 0.3) is 0 Å². The first-order valence-electron chi connectivity index (χ1n) is 3.78. The summed E-state index contributed by atoms with van der Waals surface area (Å²) in [6, 6.07) is 0. The summed E-state index contributed by atoms with van der Waals surface area (Å²) >= 11 is 0. The molecule has 0 N–H and O–H groups in total. The fourth-order valence-electron chi connectivity index (χ4n) is 1.37. The van der Waals surface area contributed by atoms with Crippen LogP contribution < -0.4 is 0 Å². The maximum Gasteiger partial charge on any atom is 0.121 e. The van der Waals surface area contributed by atoms with Gasteiger partial charge in [0.05, 0.1) is 6.10 Å². The summed E-state index contributed by atoms with van der Waals surface area (Å²) in [4.78, 5) is 0. The third-order valence-electron chi connectivity index (χ3n) is 2.57. The van der Waals surface area contributed by atoms with E-state index in [4.69, 9.17) is 11.2 Å². The Morgan fingerprint density at radius 2 is 1.80 bits per heavy atom. The van der Waals surface area contributed by atoms with Crippen molar-refractivity contribution in [2.24, 2.45) is 11.8 Å². The lowest BCUT2D eigenvalue weighted by Gasteiger charge is -2.09. The van der Waals surface area contributed by atoms with Crippen LogP contribution in [0.15, 0.2) is 0 Å². The molecule has 1 heteroatoms. The molecule has 1 fully saturated rings. The van der Waals surface area contributed by atoms with E-state index in [2.05, 4.69) is 26.7 Å². The normalized spacial score (nSPS) is 47.0. The number of hydrogen-bond donors (Lipinski definition) is 0. The second-order valence-corrected chi connectivity index (χ2v) is 3.15. The van der Waals surface area contributed by atoms with Crippen LogP contribution in [0.4, 0.5) is 0 Å². The third kappa shape index (κ3) is 1.04. The molecular formula is C9H14O. The molecule has 0 radical (unpaired) electrons. The van der Waals surface area contributed by atoms with Gasteiger partial charge in [-0.05, 0) is 18.8 Å². The highest BCUT2D eigenvalue weighted by Crippen LogP contribution is 2.30. The van der Waals surface area contributed by atoms with Crippen molar-refractivity contribution in [2.45, 2.75) is 33.0 Å². The van der Waals surface area contributed by atoms with Crippen molar-refractivity contribution in [3.8, 4) is 12.3 Å².